The average Bonchev–Trinajstić information content (AvgIpc) is 3.57. The highest BCUT2D eigenvalue weighted by Crippen LogP contribution is 2.35. The largest absolute Gasteiger partial charge is 0.375 e. The van der Waals surface area contributed by atoms with Gasteiger partial charge in [-0.2, -0.15) is 5.10 Å². The van der Waals surface area contributed by atoms with Gasteiger partial charge in [-0.15, -0.1) is 11.3 Å². The van der Waals surface area contributed by atoms with E-state index in [-0.39, 0.29) is 11.9 Å². The molecule has 0 saturated carbocycles. The number of hydrogen-bond donors (Lipinski definition) is 2. The van der Waals surface area contributed by atoms with E-state index in [9.17, 15) is 9.90 Å². The maximum Gasteiger partial charge on any atom is 0.258 e. The van der Waals surface area contributed by atoms with E-state index in [1.54, 1.807) is 28.9 Å². The van der Waals surface area contributed by atoms with Gasteiger partial charge in [-0.3, -0.25) is 9.48 Å². The van der Waals surface area contributed by atoms with E-state index in [1.165, 1.54) is 11.3 Å². The molecule has 9 nitrogen and oxygen atoms in total. The summed E-state index contributed by atoms with van der Waals surface area (Å²) in [6.45, 7) is 2.56. The number of anilines is 1. The lowest BCUT2D eigenvalue weighted by Crippen LogP contribution is -2.36. The van der Waals surface area contributed by atoms with Gasteiger partial charge in [0.2, 0.25) is 5.95 Å². The van der Waals surface area contributed by atoms with Gasteiger partial charge < -0.3 is 15.3 Å². The van der Waals surface area contributed by atoms with E-state index in [2.05, 4.69) is 20.4 Å². The zero-order valence-electron chi connectivity index (χ0n) is 19.1. The van der Waals surface area contributed by atoms with Crippen molar-refractivity contribution in [2.75, 3.05) is 18.9 Å². The Balaban J connectivity index is 1.38. The molecule has 2 unspecified atom stereocenters. The van der Waals surface area contributed by atoms with Crippen molar-refractivity contribution in [2.45, 2.75) is 25.0 Å². The first-order valence-corrected chi connectivity index (χ1v) is 11.8. The molecule has 2 N–H and O–H groups in total. The third-order valence-electron chi connectivity index (χ3n) is 6.09. The number of nitrogens with zero attached hydrogens (tertiary/aromatic N) is 6. The van der Waals surface area contributed by atoms with Crippen molar-refractivity contribution in [2.24, 2.45) is 7.05 Å². The topological polar surface area (TPSA) is 109 Å². The van der Waals surface area contributed by atoms with Crippen LogP contribution in [-0.4, -0.2) is 54.2 Å². The molecule has 1 fully saturated rings. The van der Waals surface area contributed by atoms with Gasteiger partial charge in [0.15, 0.2) is 5.60 Å². The Morgan fingerprint density at radius 2 is 2.06 bits per heavy atom. The molecular weight excluding hydrogens is 450 g/mol. The second-order valence-electron chi connectivity index (χ2n) is 8.53. The second kappa shape index (κ2) is 8.62. The van der Waals surface area contributed by atoms with Crippen LogP contribution in [0.3, 0.4) is 0 Å². The van der Waals surface area contributed by atoms with Crippen molar-refractivity contribution < 1.29 is 9.90 Å². The molecule has 2 atom stereocenters. The number of carbonyl (C=O) groups is 1. The highest BCUT2D eigenvalue weighted by atomic mass is 32.1. The maximum atomic E-state index is 12.5. The molecule has 0 aliphatic carbocycles. The van der Waals surface area contributed by atoms with Gasteiger partial charge in [-0.1, -0.05) is 18.2 Å². The highest BCUT2D eigenvalue weighted by molar-refractivity contribution is 7.13. The van der Waals surface area contributed by atoms with E-state index in [4.69, 9.17) is 4.98 Å². The molecule has 3 aromatic heterocycles. The first kappa shape index (κ1) is 22.2. The first-order chi connectivity index (χ1) is 16.3. The lowest BCUT2D eigenvalue weighted by atomic mass is 9.90. The van der Waals surface area contributed by atoms with E-state index >= 15 is 0 Å². The van der Waals surface area contributed by atoms with Crippen molar-refractivity contribution in [3.8, 4) is 22.0 Å². The second-order valence-corrected chi connectivity index (χ2v) is 9.39. The van der Waals surface area contributed by atoms with Crippen molar-refractivity contribution in [1.29, 1.82) is 0 Å². The quantitative estimate of drug-likeness (QED) is 0.441. The predicted molar refractivity (Wildman–Crippen MR) is 130 cm³/mol. The van der Waals surface area contributed by atoms with Crippen LogP contribution in [0.25, 0.3) is 22.0 Å². The van der Waals surface area contributed by atoms with E-state index in [1.807, 2.05) is 56.0 Å². The van der Waals surface area contributed by atoms with Crippen LogP contribution < -0.4 is 5.32 Å². The van der Waals surface area contributed by atoms with E-state index in [0.717, 1.165) is 27.5 Å². The number of carbonyl (C=O) groups excluding carboxylic acids is 1. The first-order valence-electron chi connectivity index (χ1n) is 11.0. The summed E-state index contributed by atoms with van der Waals surface area (Å²) >= 11 is 1.48. The fourth-order valence-corrected chi connectivity index (χ4v) is 4.87. The van der Waals surface area contributed by atoms with Gasteiger partial charge in [0, 0.05) is 56.0 Å². The van der Waals surface area contributed by atoms with Crippen LogP contribution in [0.1, 0.15) is 30.5 Å². The summed E-state index contributed by atoms with van der Waals surface area (Å²) < 4.78 is 1.76. The van der Waals surface area contributed by atoms with Crippen LogP contribution in [0.4, 0.5) is 5.95 Å². The molecule has 1 aromatic carbocycles. The number of aromatic nitrogens is 5. The van der Waals surface area contributed by atoms with Gasteiger partial charge in [-0.25, -0.2) is 15.0 Å². The van der Waals surface area contributed by atoms with Gasteiger partial charge in [-0.05, 0) is 24.6 Å². The number of thiazole rings is 1. The van der Waals surface area contributed by atoms with Crippen molar-refractivity contribution >= 4 is 23.2 Å². The molecular formula is C24H25N7O2S. The van der Waals surface area contributed by atoms with E-state index in [0.29, 0.717) is 24.5 Å². The number of aliphatic hydroxyl groups is 1. The molecule has 1 aliphatic heterocycles. The molecule has 34 heavy (non-hydrogen) atoms. The Hall–Kier alpha value is -3.63. The molecule has 1 saturated heterocycles. The summed E-state index contributed by atoms with van der Waals surface area (Å²) in [6, 6.07) is 9.24. The molecule has 4 aromatic rings. The maximum absolute atomic E-state index is 12.5. The Bertz CT molecular complexity index is 1350. The number of aryl methyl sites for hydroxylation is 1. The average molecular weight is 476 g/mol. The fourth-order valence-electron chi connectivity index (χ4n) is 4.07. The molecule has 0 radical (unpaired) electrons. The normalized spacial score (nSPS) is 18.9. The summed E-state index contributed by atoms with van der Waals surface area (Å²) in [5.41, 5.74) is 2.47. The van der Waals surface area contributed by atoms with Gasteiger partial charge in [0.1, 0.15) is 10.7 Å². The molecule has 5 rings (SSSR count). The summed E-state index contributed by atoms with van der Waals surface area (Å²) in [7, 11) is 3.59. The number of likely N-dealkylation sites (tertiary alicyclic amines) is 1. The van der Waals surface area contributed by atoms with Crippen molar-refractivity contribution in [1.82, 2.24) is 29.6 Å². The summed E-state index contributed by atoms with van der Waals surface area (Å²) in [4.78, 5) is 27.8. The predicted octanol–water partition coefficient (Wildman–Crippen LogP) is 3.22. The molecule has 174 valence electrons. The standard InChI is InChI=1S/C24H25N7O2S/c1-15(17-12-26-31(3)13-17)27-23-25-9-7-19(29-23)21-28-20(14-34-21)16-5-4-6-18(11-16)24(33)8-10-30(2)22(24)32/h4-7,9,11-15,33H,8,10H2,1-3H3,(H,25,27,29). The lowest BCUT2D eigenvalue weighted by Gasteiger charge is -2.21. The van der Waals surface area contributed by atoms with Crippen molar-refractivity contribution in [3.05, 3.63) is 65.4 Å². The van der Waals surface area contributed by atoms with Crippen LogP contribution in [0.2, 0.25) is 0 Å². The molecule has 0 spiro atoms. The Morgan fingerprint density at radius 3 is 2.79 bits per heavy atom. The van der Waals surface area contributed by atoms with Crippen LogP contribution >= 0.6 is 11.3 Å². The monoisotopic (exact) mass is 475 g/mol. The zero-order chi connectivity index (χ0) is 23.9. The Morgan fingerprint density at radius 1 is 1.21 bits per heavy atom. The minimum Gasteiger partial charge on any atom is -0.375 e. The number of hydrogen-bond acceptors (Lipinski definition) is 8. The summed E-state index contributed by atoms with van der Waals surface area (Å²) in [5, 5.41) is 21.2. The number of likely N-dealkylation sites (N-methyl/N-ethyl adjacent to an activating group) is 1. The van der Waals surface area contributed by atoms with Gasteiger partial charge in [0.25, 0.3) is 5.91 Å². The van der Waals surface area contributed by atoms with Crippen LogP contribution in [0.15, 0.2) is 54.3 Å². The fraction of sp³-hybridized carbons (Fsp3) is 0.292. The third-order valence-corrected chi connectivity index (χ3v) is 6.96. The smallest absolute Gasteiger partial charge is 0.258 e. The van der Waals surface area contributed by atoms with Gasteiger partial charge >= 0.3 is 0 Å². The van der Waals surface area contributed by atoms with Crippen LogP contribution in [0.5, 0.6) is 0 Å². The van der Waals surface area contributed by atoms with E-state index < -0.39 is 5.60 Å². The number of benzene rings is 1. The minimum atomic E-state index is -1.48. The van der Waals surface area contributed by atoms with Crippen molar-refractivity contribution in [3.63, 3.8) is 0 Å². The molecule has 10 heteroatoms. The summed E-state index contributed by atoms with van der Waals surface area (Å²) in [5.74, 6) is 0.240. The van der Waals surface area contributed by atoms with Crippen LogP contribution in [0, 0.1) is 0 Å². The summed E-state index contributed by atoms with van der Waals surface area (Å²) in [6.07, 6.45) is 5.86. The molecule has 4 heterocycles. The Labute approximate surface area is 201 Å². The minimum absolute atomic E-state index is 0.00157. The third kappa shape index (κ3) is 4.06. The molecule has 0 bridgehead atoms. The molecule has 1 amide bonds. The molecule has 1 aliphatic rings. The number of nitrogens with one attached hydrogen (secondary N) is 1. The number of rotatable bonds is 6. The highest BCUT2D eigenvalue weighted by Gasteiger charge is 2.45. The number of amides is 1. The Kier molecular flexibility index (Phi) is 5.62. The lowest BCUT2D eigenvalue weighted by molar-refractivity contribution is -0.143. The van der Waals surface area contributed by atoms with Crippen LogP contribution in [-0.2, 0) is 17.4 Å². The van der Waals surface area contributed by atoms with Gasteiger partial charge in [0.05, 0.1) is 17.9 Å². The zero-order valence-corrected chi connectivity index (χ0v) is 20.0. The SMILES string of the molecule is CC(Nc1nccc(-c2nc(-c3cccc(C4(O)CCN(C)C4=O)c3)cs2)n1)c1cnn(C)c1.